The highest BCUT2D eigenvalue weighted by Gasteiger charge is 2.07. The number of phenols is 1. The van der Waals surface area contributed by atoms with Gasteiger partial charge in [0.2, 0.25) is 0 Å². The van der Waals surface area contributed by atoms with Crippen LogP contribution in [0.5, 0.6) is 17.2 Å². The second kappa shape index (κ2) is 9.81. The summed E-state index contributed by atoms with van der Waals surface area (Å²) in [7, 11) is 1.43. The number of nitrogens with one attached hydrogen (secondary N) is 2. The maximum atomic E-state index is 11.7. The van der Waals surface area contributed by atoms with Crippen molar-refractivity contribution < 1.29 is 24.2 Å². The van der Waals surface area contributed by atoms with Crippen LogP contribution in [0.1, 0.15) is 11.1 Å². The smallest absolute Gasteiger partial charge is 0.259 e. The van der Waals surface area contributed by atoms with Crippen LogP contribution in [-0.4, -0.2) is 43.4 Å². The fourth-order valence-electron chi connectivity index (χ4n) is 2.11. The lowest BCUT2D eigenvalue weighted by atomic mass is 10.2. The summed E-state index contributed by atoms with van der Waals surface area (Å²) in [5, 5.41) is 16.1. The monoisotopic (exact) mass is 371 g/mol. The fourth-order valence-corrected chi connectivity index (χ4v) is 2.11. The number of para-hydroxylation sites is 1. The van der Waals surface area contributed by atoms with Gasteiger partial charge in [-0.25, -0.2) is 5.43 Å². The molecular formula is C19H21N3O5. The van der Waals surface area contributed by atoms with Crippen molar-refractivity contribution in [2.45, 2.75) is 6.92 Å². The van der Waals surface area contributed by atoms with Crippen LogP contribution in [0, 0.1) is 6.92 Å². The zero-order valence-corrected chi connectivity index (χ0v) is 15.1. The molecule has 0 saturated carbocycles. The van der Waals surface area contributed by atoms with Gasteiger partial charge < -0.3 is 19.9 Å². The molecule has 0 spiro atoms. The number of benzene rings is 2. The Labute approximate surface area is 156 Å². The molecule has 0 bridgehead atoms. The Hall–Kier alpha value is -3.55. The molecule has 2 aromatic carbocycles. The van der Waals surface area contributed by atoms with Gasteiger partial charge in [-0.1, -0.05) is 18.2 Å². The number of phenolic OH excluding ortho intramolecular Hbond substituents is 1. The molecule has 2 rings (SSSR count). The van der Waals surface area contributed by atoms with E-state index in [-0.39, 0.29) is 18.9 Å². The SMILES string of the molecule is COc1cccc(C=NNC(=O)CNC(=O)COc2cccc(C)c2)c1O. The number of rotatable bonds is 8. The topological polar surface area (TPSA) is 109 Å². The molecule has 0 saturated heterocycles. The number of carbonyl (C=O) groups is 2. The van der Waals surface area contributed by atoms with Crippen molar-refractivity contribution in [3.63, 3.8) is 0 Å². The molecule has 0 atom stereocenters. The van der Waals surface area contributed by atoms with Crippen molar-refractivity contribution >= 4 is 18.0 Å². The first-order valence-electron chi connectivity index (χ1n) is 8.13. The summed E-state index contributed by atoms with van der Waals surface area (Å²) in [4.78, 5) is 23.4. The number of methoxy groups -OCH3 is 1. The molecule has 0 aliphatic heterocycles. The molecule has 2 aromatic rings. The first-order valence-corrected chi connectivity index (χ1v) is 8.13. The van der Waals surface area contributed by atoms with Crippen LogP contribution in [0.2, 0.25) is 0 Å². The number of aromatic hydroxyl groups is 1. The van der Waals surface area contributed by atoms with E-state index in [4.69, 9.17) is 9.47 Å². The normalized spacial score (nSPS) is 10.4. The minimum atomic E-state index is -0.516. The second-order valence-corrected chi connectivity index (χ2v) is 5.57. The van der Waals surface area contributed by atoms with Gasteiger partial charge in [0.25, 0.3) is 11.8 Å². The van der Waals surface area contributed by atoms with E-state index in [1.54, 1.807) is 24.3 Å². The van der Waals surface area contributed by atoms with Crippen molar-refractivity contribution in [2.75, 3.05) is 20.3 Å². The lowest BCUT2D eigenvalue weighted by molar-refractivity contribution is -0.127. The molecule has 142 valence electrons. The minimum Gasteiger partial charge on any atom is -0.504 e. The zero-order valence-electron chi connectivity index (χ0n) is 15.1. The highest BCUT2D eigenvalue weighted by atomic mass is 16.5. The number of hydrogen-bond donors (Lipinski definition) is 3. The van der Waals surface area contributed by atoms with Crippen molar-refractivity contribution in [3.05, 3.63) is 53.6 Å². The van der Waals surface area contributed by atoms with E-state index in [1.165, 1.54) is 13.3 Å². The van der Waals surface area contributed by atoms with Crippen molar-refractivity contribution in [1.82, 2.24) is 10.7 Å². The summed E-state index contributed by atoms with van der Waals surface area (Å²) in [6.07, 6.45) is 1.28. The van der Waals surface area contributed by atoms with Crippen molar-refractivity contribution in [1.29, 1.82) is 0 Å². The van der Waals surface area contributed by atoms with Gasteiger partial charge in [0, 0.05) is 5.56 Å². The molecule has 2 amide bonds. The predicted octanol–water partition coefficient (Wildman–Crippen LogP) is 1.35. The number of hydrogen-bond acceptors (Lipinski definition) is 6. The number of carbonyl (C=O) groups excluding carboxylic acids is 2. The lowest BCUT2D eigenvalue weighted by Crippen LogP contribution is -2.37. The minimum absolute atomic E-state index is 0.0837. The summed E-state index contributed by atoms with van der Waals surface area (Å²) < 4.78 is 10.3. The van der Waals surface area contributed by atoms with E-state index in [9.17, 15) is 14.7 Å². The van der Waals surface area contributed by atoms with Crippen LogP contribution in [0.15, 0.2) is 47.6 Å². The van der Waals surface area contributed by atoms with E-state index in [1.807, 2.05) is 25.1 Å². The molecule has 0 radical (unpaired) electrons. The van der Waals surface area contributed by atoms with Gasteiger partial charge in [-0.15, -0.1) is 0 Å². The molecule has 8 nitrogen and oxygen atoms in total. The Kier molecular flexibility index (Phi) is 7.18. The van der Waals surface area contributed by atoms with Gasteiger partial charge in [-0.2, -0.15) is 5.10 Å². The highest BCUT2D eigenvalue weighted by Crippen LogP contribution is 2.27. The van der Waals surface area contributed by atoms with E-state index < -0.39 is 11.8 Å². The molecule has 0 unspecified atom stereocenters. The molecule has 0 aromatic heterocycles. The standard InChI is InChI=1S/C19H21N3O5/c1-13-5-3-7-15(9-13)27-12-18(24)20-11-17(23)22-21-10-14-6-4-8-16(26-2)19(14)25/h3-10,25H,11-12H2,1-2H3,(H,20,24)(H,22,23). The third-order valence-electron chi connectivity index (χ3n) is 3.45. The second-order valence-electron chi connectivity index (χ2n) is 5.57. The van der Waals surface area contributed by atoms with Gasteiger partial charge in [0.1, 0.15) is 5.75 Å². The summed E-state index contributed by atoms with van der Waals surface area (Å²) in [6, 6.07) is 12.2. The third-order valence-corrected chi connectivity index (χ3v) is 3.45. The number of aryl methyl sites for hydroxylation is 1. The van der Waals surface area contributed by atoms with Gasteiger partial charge in [-0.05, 0) is 36.8 Å². The fraction of sp³-hybridized carbons (Fsp3) is 0.211. The summed E-state index contributed by atoms with van der Waals surface area (Å²) in [6.45, 7) is 1.47. The first-order chi connectivity index (χ1) is 13.0. The number of hydrazone groups is 1. The van der Waals surface area contributed by atoms with Crippen LogP contribution in [0.4, 0.5) is 0 Å². The Morgan fingerprint density at radius 3 is 2.70 bits per heavy atom. The average molecular weight is 371 g/mol. The number of amides is 2. The molecule has 0 aliphatic rings. The third kappa shape index (κ3) is 6.35. The first kappa shape index (κ1) is 19.8. The van der Waals surface area contributed by atoms with Gasteiger partial charge in [0.05, 0.1) is 19.9 Å². The number of ether oxygens (including phenoxy) is 2. The van der Waals surface area contributed by atoms with E-state index in [2.05, 4.69) is 15.8 Å². The van der Waals surface area contributed by atoms with Crippen molar-refractivity contribution in [3.8, 4) is 17.2 Å². The molecule has 27 heavy (non-hydrogen) atoms. The van der Waals surface area contributed by atoms with Crippen LogP contribution in [0.25, 0.3) is 0 Å². The summed E-state index contributed by atoms with van der Waals surface area (Å²) >= 11 is 0. The van der Waals surface area contributed by atoms with Crippen LogP contribution < -0.4 is 20.2 Å². The molecule has 0 aliphatic carbocycles. The highest BCUT2D eigenvalue weighted by molar-refractivity contribution is 5.88. The van der Waals surface area contributed by atoms with Crippen molar-refractivity contribution in [2.24, 2.45) is 5.10 Å². The predicted molar refractivity (Wildman–Crippen MR) is 100 cm³/mol. The zero-order chi connectivity index (χ0) is 19.6. The van der Waals surface area contributed by atoms with Crippen LogP contribution >= 0.6 is 0 Å². The average Bonchev–Trinajstić information content (AvgIpc) is 2.66. The van der Waals surface area contributed by atoms with Crippen LogP contribution in [-0.2, 0) is 9.59 Å². The molecule has 3 N–H and O–H groups in total. The Morgan fingerprint density at radius 1 is 1.19 bits per heavy atom. The van der Waals surface area contributed by atoms with E-state index in [0.717, 1.165) is 5.56 Å². The largest absolute Gasteiger partial charge is 0.504 e. The summed E-state index contributed by atoms with van der Waals surface area (Å²) in [5.41, 5.74) is 3.66. The summed E-state index contributed by atoms with van der Waals surface area (Å²) in [5.74, 6) is -0.151. The Bertz CT molecular complexity index is 836. The lowest BCUT2D eigenvalue weighted by Gasteiger charge is -2.07. The molecule has 0 fully saturated rings. The Balaban J connectivity index is 1.73. The van der Waals surface area contributed by atoms with Crippen LogP contribution in [0.3, 0.4) is 0 Å². The maximum Gasteiger partial charge on any atom is 0.259 e. The molecular weight excluding hydrogens is 350 g/mol. The Morgan fingerprint density at radius 2 is 1.96 bits per heavy atom. The van der Waals surface area contributed by atoms with Gasteiger partial charge in [0.15, 0.2) is 18.1 Å². The quantitative estimate of drug-likeness (QED) is 0.479. The van der Waals surface area contributed by atoms with Gasteiger partial charge in [-0.3, -0.25) is 9.59 Å². The maximum absolute atomic E-state index is 11.7. The van der Waals surface area contributed by atoms with Gasteiger partial charge >= 0.3 is 0 Å². The molecule has 0 heterocycles. The van der Waals surface area contributed by atoms with E-state index in [0.29, 0.717) is 17.1 Å². The van der Waals surface area contributed by atoms with E-state index >= 15 is 0 Å². The number of nitrogens with zero attached hydrogens (tertiary/aromatic N) is 1. The molecule has 8 heteroatoms.